The molecular weight excluding hydrogens is 230 g/mol. The van der Waals surface area contributed by atoms with Crippen molar-refractivity contribution in [1.29, 1.82) is 0 Å². The summed E-state index contributed by atoms with van der Waals surface area (Å²) in [4.78, 5) is 13.3. The minimum atomic E-state index is -0.217. The average Bonchev–Trinajstić information content (AvgIpc) is 2.76. The van der Waals surface area contributed by atoms with Crippen LogP contribution in [0.3, 0.4) is 0 Å². The summed E-state index contributed by atoms with van der Waals surface area (Å²) in [6.45, 7) is 3.93. The van der Waals surface area contributed by atoms with E-state index in [-0.39, 0.29) is 12.2 Å². The zero-order valence-electron chi connectivity index (χ0n) is 10.7. The van der Waals surface area contributed by atoms with Crippen molar-refractivity contribution in [3.05, 3.63) is 30.3 Å². The molecule has 0 aliphatic carbocycles. The van der Waals surface area contributed by atoms with Crippen LogP contribution in [0.1, 0.15) is 19.8 Å². The number of ether oxygens (including phenoxy) is 2. The molecule has 1 aromatic rings. The Balaban J connectivity index is 1.77. The third-order valence-electron chi connectivity index (χ3n) is 2.91. The summed E-state index contributed by atoms with van der Waals surface area (Å²) in [5, 5.41) is 0. The van der Waals surface area contributed by atoms with Crippen LogP contribution in [0.5, 0.6) is 5.75 Å². The number of benzene rings is 1. The lowest BCUT2D eigenvalue weighted by atomic mass is 10.3. The highest BCUT2D eigenvalue weighted by Gasteiger charge is 2.30. The van der Waals surface area contributed by atoms with E-state index in [9.17, 15) is 4.79 Å². The number of amides is 1. The van der Waals surface area contributed by atoms with Gasteiger partial charge in [-0.3, -0.25) is 0 Å². The highest BCUT2D eigenvalue weighted by molar-refractivity contribution is 5.69. The van der Waals surface area contributed by atoms with Crippen LogP contribution in [-0.2, 0) is 4.74 Å². The number of hydrogen-bond acceptors (Lipinski definition) is 3. The van der Waals surface area contributed by atoms with E-state index in [0.717, 1.165) is 25.1 Å². The molecule has 18 heavy (non-hydrogen) atoms. The number of rotatable bonds is 6. The lowest BCUT2D eigenvalue weighted by Gasteiger charge is -2.12. The van der Waals surface area contributed by atoms with Gasteiger partial charge in [-0.1, -0.05) is 31.5 Å². The van der Waals surface area contributed by atoms with Crippen molar-refractivity contribution < 1.29 is 14.3 Å². The van der Waals surface area contributed by atoms with Crippen molar-refractivity contribution in [2.24, 2.45) is 0 Å². The molecule has 1 aromatic carbocycles. The number of carbonyl (C=O) groups excluding carboxylic acids is 1. The number of unbranched alkanes of at least 4 members (excludes halogenated alkanes) is 1. The van der Waals surface area contributed by atoms with Crippen molar-refractivity contribution in [2.75, 3.05) is 19.7 Å². The molecule has 1 atom stereocenters. The minimum Gasteiger partial charge on any atom is -0.490 e. The summed E-state index contributed by atoms with van der Waals surface area (Å²) < 4.78 is 10.8. The Hall–Kier alpha value is -1.71. The highest BCUT2D eigenvalue weighted by Crippen LogP contribution is 2.15. The van der Waals surface area contributed by atoms with E-state index < -0.39 is 0 Å². The number of para-hydroxylation sites is 1. The van der Waals surface area contributed by atoms with Crippen LogP contribution in [0, 0.1) is 0 Å². The van der Waals surface area contributed by atoms with Crippen LogP contribution in [0.25, 0.3) is 0 Å². The molecule has 1 amide bonds. The molecule has 98 valence electrons. The Kier molecular flexibility index (Phi) is 4.45. The quantitative estimate of drug-likeness (QED) is 0.778. The minimum absolute atomic E-state index is 0.158. The summed E-state index contributed by atoms with van der Waals surface area (Å²) in [5.41, 5.74) is 0. The molecule has 2 rings (SSSR count). The first-order chi connectivity index (χ1) is 8.79. The molecular formula is C14H19NO3. The maximum Gasteiger partial charge on any atom is 0.410 e. The van der Waals surface area contributed by atoms with E-state index in [0.29, 0.717) is 13.2 Å². The summed E-state index contributed by atoms with van der Waals surface area (Å²) in [5.74, 6) is 0.806. The van der Waals surface area contributed by atoms with Gasteiger partial charge in [0.2, 0.25) is 0 Å². The van der Waals surface area contributed by atoms with Gasteiger partial charge in [0.05, 0.1) is 6.54 Å². The second-order valence-electron chi connectivity index (χ2n) is 4.43. The topological polar surface area (TPSA) is 38.8 Å². The largest absolute Gasteiger partial charge is 0.490 e. The van der Waals surface area contributed by atoms with Gasteiger partial charge in [0, 0.05) is 6.54 Å². The van der Waals surface area contributed by atoms with Gasteiger partial charge in [-0.05, 0) is 18.6 Å². The standard InChI is InChI=1S/C14H19NO3/c1-2-3-9-15-10-13(18-14(15)16)11-17-12-7-5-4-6-8-12/h4-8,13H,2-3,9-11H2,1H3/t13-/m1/s1. The zero-order chi connectivity index (χ0) is 12.8. The Morgan fingerprint density at radius 3 is 2.89 bits per heavy atom. The van der Waals surface area contributed by atoms with Gasteiger partial charge in [-0.2, -0.15) is 0 Å². The molecule has 0 bridgehead atoms. The molecule has 0 aromatic heterocycles. The molecule has 0 saturated carbocycles. The van der Waals surface area contributed by atoms with E-state index in [2.05, 4.69) is 6.92 Å². The van der Waals surface area contributed by atoms with Gasteiger partial charge in [0.15, 0.2) is 6.10 Å². The number of nitrogens with zero attached hydrogens (tertiary/aromatic N) is 1. The predicted octanol–water partition coefficient (Wildman–Crippen LogP) is 2.69. The lowest BCUT2D eigenvalue weighted by Crippen LogP contribution is -2.27. The molecule has 0 unspecified atom stereocenters. The molecule has 1 heterocycles. The summed E-state index contributed by atoms with van der Waals surface area (Å²) in [7, 11) is 0. The van der Waals surface area contributed by atoms with Crippen molar-refractivity contribution in [2.45, 2.75) is 25.9 Å². The second-order valence-corrected chi connectivity index (χ2v) is 4.43. The maximum atomic E-state index is 11.6. The predicted molar refractivity (Wildman–Crippen MR) is 68.7 cm³/mol. The third-order valence-corrected chi connectivity index (χ3v) is 2.91. The average molecular weight is 249 g/mol. The third kappa shape index (κ3) is 3.39. The Morgan fingerprint density at radius 1 is 1.39 bits per heavy atom. The molecule has 4 heteroatoms. The smallest absolute Gasteiger partial charge is 0.410 e. The lowest BCUT2D eigenvalue weighted by molar-refractivity contribution is 0.103. The van der Waals surface area contributed by atoms with Crippen molar-refractivity contribution in [3.63, 3.8) is 0 Å². The fourth-order valence-electron chi connectivity index (χ4n) is 1.90. The van der Waals surface area contributed by atoms with E-state index in [1.54, 1.807) is 4.90 Å². The number of cyclic esters (lactones) is 1. The number of hydrogen-bond donors (Lipinski definition) is 0. The normalized spacial score (nSPS) is 18.8. The molecule has 1 aliphatic heterocycles. The summed E-state index contributed by atoms with van der Waals surface area (Å²) in [6.07, 6.45) is 1.72. The van der Waals surface area contributed by atoms with Gasteiger partial charge in [0.25, 0.3) is 0 Å². The van der Waals surface area contributed by atoms with Crippen molar-refractivity contribution >= 4 is 6.09 Å². The van der Waals surface area contributed by atoms with Crippen LogP contribution in [0.15, 0.2) is 30.3 Å². The SMILES string of the molecule is CCCCN1C[C@H](COc2ccccc2)OC1=O. The molecule has 0 N–H and O–H groups in total. The fraction of sp³-hybridized carbons (Fsp3) is 0.500. The zero-order valence-corrected chi connectivity index (χ0v) is 10.7. The first-order valence-corrected chi connectivity index (χ1v) is 6.43. The van der Waals surface area contributed by atoms with Gasteiger partial charge in [-0.15, -0.1) is 0 Å². The first-order valence-electron chi connectivity index (χ1n) is 6.43. The van der Waals surface area contributed by atoms with Crippen LogP contribution in [-0.4, -0.2) is 36.8 Å². The molecule has 0 spiro atoms. The monoisotopic (exact) mass is 249 g/mol. The maximum absolute atomic E-state index is 11.6. The van der Waals surface area contributed by atoms with Gasteiger partial charge >= 0.3 is 6.09 Å². The Morgan fingerprint density at radius 2 is 2.17 bits per heavy atom. The van der Waals surface area contributed by atoms with E-state index in [1.165, 1.54) is 0 Å². The fourth-order valence-corrected chi connectivity index (χ4v) is 1.90. The van der Waals surface area contributed by atoms with Crippen LogP contribution in [0.2, 0.25) is 0 Å². The molecule has 1 fully saturated rings. The Bertz CT molecular complexity index is 380. The van der Waals surface area contributed by atoms with Crippen LogP contribution < -0.4 is 4.74 Å². The molecule has 0 radical (unpaired) electrons. The molecule has 4 nitrogen and oxygen atoms in total. The van der Waals surface area contributed by atoms with Gasteiger partial charge in [0.1, 0.15) is 12.4 Å². The summed E-state index contributed by atoms with van der Waals surface area (Å²) in [6, 6.07) is 9.57. The molecule has 1 saturated heterocycles. The van der Waals surface area contributed by atoms with Crippen LogP contribution in [0.4, 0.5) is 4.79 Å². The van der Waals surface area contributed by atoms with Crippen molar-refractivity contribution in [3.8, 4) is 5.75 Å². The highest BCUT2D eigenvalue weighted by atomic mass is 16.6. The van der Waals surface area contributed by atoms with E-state index in [4.69, 9.17) is 9.47 Å². The number of carbonyl (C=O) groups is 1. The van der Waals surface area contributed by atoms with Gasteiger partial charge < -0.3 is 14.4 Å². The van der Waals surface area contributed by atoms with Crippen LogP contribution >= 0.6 is 0 Å². The van der Waals surface area contributed by atoms with Gasteiger partial charge in [-0.25, -0.2) is 4.79 Å². The first kappa shape index (κ1) is 12.7. The van der Waals surface area contributed by atoms with Crippen molar-refractivity contribution in [1.82, 2.24) is 4.90 Å². The van der Waals surface area contributed by atoms with E-state index in [1.807, 2.05) is 30.3 Å². The second kappa shape index (κ2) is 6.28. The Labute approximate surface area is 107 Å². The molecule has 1 aliphatic rings. The van der Waals surface area contributed by atoms with E-state index >= 15 is 0 Å². The summed E-state index contributed by atoms with van der Waals surface area (Å²) >= 11 is 0.